The maximum absolute atomic E-state index is 12.4. The molecule has 1 rings (SSSR count). The molecule has 0 saturated heterocycles. The summed E-state index contributed by atoms with van der Waals surface area (Å²) in [4.78, 5) is 47.3. The van der Waals surface area contributed by atoms with Crippen molar-refractivity contribution < 1.29 is 19.2 Å². The number of hydrogen-bond acceptors (Lipinski definition) is 4. The number of carbonyl (C=O) groups is 4. The number of aldehydes is 1. The van der Waals surface area contributed by atoms with E-state index < -0.39 is 29.9 Å². The van der Waals surface area contributed by atoms with Crippen LogP contribution in [0, 0.1) is 5.92 Å². The van der Waals surface area contributed by atoms with Crippen molar-refractivity contribution in [1.82, 2.24) is 16.0 Å². The molecule has 0 saturated carbocycles. The fraction of sp³-hybridized carbons (Fsp3) is 0.500. The smallest absolute Gasteiger partial charge is 0.243 e. The van der Waals surface area contributed by atoms with Crippen molar-refractivity contribution in [2.75, 3.05) is 0 Å². The standard InChI is InChI=1S/C20H29N3O4/c1-13(2)10-18(22-15(4)25)20(27)21-14(3)19(26)23-17(12-24)11-16-8-6-5-7-9-16/h5-9,12-14,17-18H,10-11H2,1-4H3,(H,21,27)(H,22,25)(H,23,26)/t14-,17-,18-/m0/s1. The summed E-state index contributed by atoms with van der Waals surface area (Å²) >= 11 is 0. The molecule has 1 aromatic rings. The van der Waals surface area contributed by atoms with Crippen LogP contribution in [-0.2, 0) is 25.6 Å². The Balaban J connectivity index is 2.63. The molecule has 0 radical (unpaired) electrons. The summed E-state index contributed by atoms with van der Waals surface area (Å²) in [5.41, 5.74) is 0.925. The van der Waals surface area contributed by atoms with E-state index in [2.05, 4.69) is 16.0 Å². The van der Waals surface area contributed by atoms with Crippen molar-refractivity contribution in [3.8, 4) is 0 Å². The van der Waals surface area contributed by atoms with Crippen LogP contribution in [0.4, 0.5) is 0 Å². The third kappa shape index (κ3) is 8.48. The van der Waals surface area contributed by atoms with Gasteiger partial charge < -0.3 is 20.7 Å². The molecular weight excluding hydrogens is 346 g/mol. The van der Waals surface area contributed by atoms with Gasteiger partial charge >= 0.3 is 0 Å². The average Bonchev–Trinajstić information content (AvgIpc) is 2.60. The van der Waals surface area contributed by atoms with E-state index in [0.717, 1.165) is 5.56 Å². The molecule has 0 aliphatic heterocycles. The lowest BCUT2D eigenvalue weighted by atomic mass is 10.0. The second kappa shape index (κ2) is 11.1. The van der Waals surface area contributed by atoms with E-state index in [1.807, 2.05) is 44.2 Å². The Labute approximate surface area is 160 Å². The van der Waals surface area contributed by atoms with Crippen LogP contribution in [0.3, 0.4) is 0 Å². The molecule has 0 heterocycles. The van der Waals surface area contributed by atoms with Gasteiger partial charge in [-0.25, -0.2) is 0 Å². The second-order valence-corrected chi connectivity index (χ2v) is 7.05. The van der Waals surface area contributed by atoms with Crippen molar-refractivity contribution >= 4 is 24.0 Å². The lowest BCUT2D eigenvalue weighted by Gasteiger charge is -2.23. The molecule has 0 aliphatic rings. The van der Waals surface area contributed by atoms with Gasteiger partial charge in [-0.05, 0) is 31.2 Å². The summed E-state index contributed by atoms with van der Waals surface area (Å²) in [6.07, 6.45) is 1.52. The molecule has 0 unspecified atom stereocenters. The summed E-state index contributed by atoms with van der Waals surface area (Å²) < 4.78 is 0. The van der Waals surface area contributed by atoms with Crippen molar-refractivity contribution in [2.45, 2.75) is 58.7 Å². The summed E-state index contributed by atoms with van der Waals surface area (Å²) in [7, 11) is 0. The zero-order chi connectivity index (χ0) is 20.4. The molecule has 3 N–H and O–H groups in total. The molecule has 7 nitrogen and oxygen atoms in total. The molecule has 0 spiro atoms. The highest BCUT2D eigenvalue weighted by atomic mass is 16.2. The molecular formula is C20H29N3O4. The zero-order valence-corrected chi connectivity index (χ0v) is 16.3. The van der Waals surface area contributed by atoms with Crippen LogP contribution in [0.5, 0.6) is 0 Å². The summed E-state index contributed by atoms with van der Waals surface area (Å²) in [6, 6.07) is 7.12. The van der Waals surface area contributed by atoms with E-state index in [1.165, 1.54) is 13.8 Å². The van der Waals surface area contributed by atoms with E-state index in [-0.39, 0.29) is 11.8 Å². The Morgan fingerprint density at radius 1 is 0.963 bits per heavy atom. The monoisotopic (exact) mass is 375 g/mol. The largest absolute Gasteiger partial charge is 0.345 e. The Bertz CT molecular complexity index is 646. The third-order valence-corrected chi connectivity index (χ3v) is 3.94. The van der Waals surface area contributed by atoms with Gasteiger partial charge in [0.25, 0.3) is 0 Å². The van der Waals surface area contributed by atoms with Crippen LogP contribution in [0.15, 0.2) is 30.3 Å². The third-order valence-electron chi connectivity index (χ3n) is 3.94. The number of hydrogen-bond donors (Lipinski definition) is 3. The van der Waals surface area contributed by atoms with Crippen molar-refractivity contribution in [3.05, 3.63) is 35.9 Å². The van der Waals surface area contributed by atoms with Gasteiger partial charge in [0.15, 0.2) is 0 Å². The Morgan fingerprint density at radius 2 is 1.59 bits per heavy atom. The lowest BCUT2D eigenvalue weighted by Crippen LogP contribution is -2.54. The van der Waals surface area contributed by atoms with Crippen LogP contribution < -0.4 is 16.0 Å². The van der Waals surface area contributed by atoms with Crippen molar-refractivity contribution in [3.63, 3.8) is 0 Å². The van der Waals surface area contributed by atoms with E-state index in [9.17, 15) is 19.2 Å². The first-order valence-electron chi connectivity index (χ1n) is 9.10. The molecule has 0 aromatic heterocycles. The molecule has 0 bridgehead atoms. The van der Waals surface area contributed by atoms with Crippen molar-refractivity contribution in [1.29, 1.82) is 0 Å². The summed E-state index contributed by atoms with van der Waals surface area (Å²) in [5, 5.41) is 7.83. The van der Waals surface area contributed by atoms with E-state index in [4.69, 9.17) is 0 Å². The minimum absolute atomic E-state index is 0.196. The molecule has 27 heavy (non-hydrogen) atoms. The van der Waals surface area contributed by atoms with Gasteiger partial charge in [0.05, 0.1) is 6.04 Å². The highest BCUT2D eigenvalue weighted by Crippen LogP contribution is 2.06. The zero-order valence-electron chi connectivity index (χ0n) is 16.3. The number of carbonyl (C=O) groups excluding carboxylic acids is 4. The Kier molecular flexibility index (Phi) is 9.19. The first kappa shape index (κ1) is 22.3. The Hall–Kier alpha value is -2.70. The minimum atomic E-state index is -0.834. The maximum Gasteiger partial charge on any atom is 0.243 e. The van der Waals surface area contributed by atoms with Gasteiger partial charge in [-0.1, -0.05) is 44.2 Å². The predicted octanol–water partition coefficient (Wildman–Crippen LogP) is 0.968. The van der Waals surface area contributed by atoms with Crippen LogP contribution in [0.1, 0.15) is 39.7 Å². The normalized spacial score (nSPS) is 14.0. The van der Waals surface area contributed by atoms with Gasteiger partial charge in [-0.15, -0.1) is 0 Å². The molecule has 3 amide bonds. The Morgan fingerprint density at radius 3 is 2.11 bits per heavy atom. The fourth-order valence-corrected chi connectivity index (χ4v) is 2.64. The van der Waals surface area contributed by atoms with E-state index in [0.29, 0.717) is 19.1 Å². The van der Waals surface area contributed by atoms with Crippen molar-refractivity contribution in [2.24, 2.45) is 5.92 Å². The number of amides is 3. The average molecular weight is 375 g/mol. The van der Waals surface area contributed by atoms with Gasteiger partial charge in [0.2, 0.25) is 17.7 Å². The first-order chi connectivity index (χ1) is 12.7. The molecule has 0 aliphatic carbocycles. The van der Waals surface area contributed by atoms with Crippen LogP contribution in [0.25, 0.3) is 0 Å². The van der Waals surface area contributed by atoms with Crippen LogP contribution >= 0.6 is 0 Å². The summed E-state index contributed by atoms with van der Waals surface area (Å²) in [6.45, 7) is 6.76. The number of benzene rings is 1. The first-order valence-corrected chi connectivity index (χ1v) is 9.10. The fourth-order valence-electron chi connectivity index (χ4n) is 2.64. The molecule has 7 heteroatoms. The molecule has 0 fully saturated rings. The lowest BCUT2D eigenvalue weighted by molar-refractivity contribution is -0.132. The maximum atomic E-state index is 12.4. The van der Waals surface area contributed by atoms with Crippen LogP contribution in [-0.4, -0.2) is 42.1 Å². The highest BCUT2D eigenvalue weighted by molar-refractivity contribution is 5.92. The van der Waals surface area contributed by atoms with Gasteiger partial charge in [-0.2, -0.15) is 0 Å². The van der Waals surface area contributed by atoms with Gasteiger partial charge in [0.1, 0.15) is 18.4 Å². The quantitative estimate of drug-likeness (QED) is 0.530. The number of nitrogens with one attached hydrogen (secondary N) is 3. The topological polar surface area (TPSA) is 104 Å². The van der Waals surface area contributed by atoms with Gasteiger partial charge in [0, 0.05) is 6.92 Å². The minimum Gasteiger partial charge on any atom is -0.345 e. The second-order valence-electron chi connectivity index (χ2n) is 7.05. The molecule has 3 atom stereocenters. The van der Waals surface area contributed by atoms with E-state index >= 15 is 0 Å². The molecule has 148 valence electrons. The van der Waals surface area contributed by atoms with E-state index in [1.54, 1.807) is 0 Å². The highest BCUT2D eigenvalue weighted by Gasteiger charge is 2.25. The molecule has 1 aromatic carbocycles. The van der Waals surface area contributed by atoms with Gasteiger partial charge in [-0.3, -0.25) is 14.4 Å². The predicted molar refractivity (Wildman–Crippen MR) is 103 cm³/mol. The van der Waals surface area contributed by atoms with Crippen LogP contribution in [0.2, 0.25) is 0 Å². The summed E-state index contributed by atoms with van der Waals surface area (Å²) in [5.74, 6) is -0.992. The SMILES string of the molecule is CC(=O)N[C@@H](CC(C)C)C(=O)N[C@@H](C)C(=O)N[C@H](C=O)Cc1ccccc1. The number of rotatable bonds is 10.